The second-order valence-corrected chi connectivity index (χ2v) is 9.04. The topological polar surface area (TPSA) is 61.3 Å². The van der Waals surface area contributed by atoms with Crippen LogP contribution in [-0.4, -0.2) is 27.0 Å². The lowest BCUT2D eigenvalue weighted by Crippen LogP contribution is -2.06. The summed E-state index contributed by atoms with van der Waals surface area (Å²) in [6, 6.07) is 17.8. The summed E-state index contributed by atoms with van der Waals surface area (Å²) >= 11 is 5.72. The average Bonchev–Trinajstić information content (AvgIpc) is 2.82. The Morgan fingerprint density at radius 2 is 1.64 bits per heavy atom. The van der Waals surface area contributed by atoms with Crippen LogP contribution in [0.15, 0.2) is 64.2 Å². The number of nitrogens with one attached hydrogen (secondary N) is 1. The zero-order chi connectivity index (χ0) is 23.6. The second kappa shape index (κ2) is 12.7. The third-order valence-corrected chi connectivity index (χ3v) is 5.99. The lowest BCUT2D eigenvalue weighted by Gasteiger charge is -2.15. The first-order chi connectivity index (χ1) is 16.0. The fourth-order valence-electron chi connectivity index (χ4n) is 3.05. The monoisotopic (exact) mass is 624 g/mol. The van der Waals surface area contributed by atoms with Crippen molar-refractivity contribution in [1.29, 1.82) is 0 Å². The van der Waals surface area contributed by atoms with Gasteiger partial charge in [-0.25, -0.2) is 0 Å². The predicted molar refractivity (Wildman–Crippen MR) is 143 cm³/mol. The van der Waals surface area contributed by atoms with Crippen LogP contribution < -0.4 is 24.4 Å². The van der Waals surface area contributed by atoms with Crippen molar-refractivity contribution in [1.82, 2.24) is 5.43 Å². The number of rotatable bonds is 11. The fourth-order valence-corrected chi connectivity index (χ4v) is 4.09. The summed E-state index contributed by atoms with van der Waals surface area (Å²) in [4.78, 5) is 0. The zero-order valence-corrected chi connectivity index (χ0v) is 22.5. The van der Waals surface area contributed by atoms with Crippen molar-refractivity contribution in [2.75, 3.05) is 20.8 Å². The van der Waals surface area contributed by atoms with Crippen LogP contribution >= 0.6 is 38.5 Å². The zero-order valence-electron chi connectivity index (χ0n) is 18.7. The van der Waals surface area contributed by atoms with E-state index in [0.29, 0.717) is 37.0 Å². The van der Waals surface area contributed by atoms with Gasteiger partial charge in [-0.05, 0) is 82.6 Å². The Kier molecular flexibility index (Phi) is 9.68. The fraction of sp³-hybridized carbons (Fsp3) is 0.240. The normalized spacial score (nSPS) is 10.8. The van der Waals surface area contributed by atoms with Gasteiger partial charge in [0.15, 0.2) is 23.0 Å². The first-order valence-electron chi connectivity index (χ1n) is 10.3. The highest BCUT2D eigenvalue weighted by Gasteiger charge is 2.12. The molecule has 174 valence electrons. The van der Waals surface area contributed by atoms with Gasteiger partial charge < -0.3 is 24.4 Å². The number of ether oxygens (including phenoxy) is 4. The maximum Gasteiger partial charge on any atom is 0.175 e. The van der Waals surface area contributed by atoms with Crippen LogP contribution in [0.5, 0.6) is 23.0 Å². The van der Waals surface area contributed by atoms with Gasteiger partial charge in [-0.15, -0.1) is 0 Å². The molecule has 33 heavy (non-hydrogen) atoms. The van der Waals surface area contributed by atoms with Crippen molar-refractivity contribution < 1.29 is 18.9 Å². The maximum atomic E-state index is 6.10. The van der Waals surface area contributed by atoms with Gasteiger partial charge in [0, 0.05) is 4.47 Å². The number of nitrogens with zero attached hydrogens (tertiary/aromatic N) is 1. The van der Waals surface area contributed by atoms with Crippen LogP contribution in [0.4, 0.5) is 0 Å². The minimum Gasteiger partial charge on any atom is -0.493 e. The van der Waals surface area contributed by atoms with E-state index in [9.17, 15) is 0 Å². The molecule has 0 unspecified atom stereocenters. The largest absolute Gasteiger partial charge is 0.493 e. The summed E-state index contributed by atoms with van der Waals surface area (Å²) in [5.41, 5.74) is 6.10. The van der Waals surface area contributed by atoms with Crippen molar-refractivity contribution in [3.8, 4) is 23.0 Å². The molecule has 1 N–H and O–H groups in total. The number of halogens is 2. The van der Waals surface area contributed by atoms with Gasteiger partial charge in [-0.3, -0.25) is 0 Å². The molecule has 3 aromatic carbocycles. The molecule has 0 fully saturated rings. The van der Waals surface area contributed by atoms with Crippen molar-refractivity contribution in [3.63, 3.8) is 0 Å². The van der Waals surface area contributed by atoms with Crippen LogP contribution in [0.2, 0.25) is 0 Å². The van der Waals surface area contributed by atoms with Crippen LogP contribution in [0.3, 0.4) is 0 Å². The smallest absolute Gasteiger partial charge is 0.175 e. The molecule has 0 saturated heterocycles. The summed E-state index contributed by atoms with van der Waals surface area (Å²) in [6.45, 7) is 3.52. The van der Waals surface area contributed by atoms with Gasteiger partial charge in [-0.2, -0.15) is 5.10 Å². The first-order valence-corrected chi connectivity index (χ1v) is 12.2. The third kappa shape index (κ3) is 7.26. The molecule has 3 aromatic rings. The molecule has 0 bridgehead atoms. The number of hydrogen-bond donors (Lipinski definition) is 1. The van der Waals surface area contributed by atoms with Gasteiger partial charge in [0.2, 0.25) is 0 Å². The lowest BCUT2D eigenvalue weighted by atomic mass is 10.2. The lowest BCUT2D eigenvalue weighted by molar-refractivity contribution is 0.267. The second-order valence-electron chi connectivity index (χ2n) is 6.96. The Morgan fingerprint density at radius 1 is 0.909 bits per heavy atom. The van der Waals surface area contributed by atoms with E-state index in [1.807, 2.05) is 61.5 Å². The number of benzene rings is 3. The van der Waals surface area contributed by atoms with E-state index in [4.69, 9.17) is 18.9 Å². The summed E-state index contributed by atoms with van der Waals surface area (Å²) < 4.78 is 24.6. The summed E-state index contributed by atoms with van der Waals surface area (Å²) in [6.07, 6.45) is 1.77. The molecule has 0 spiro atoms. The van der Waals surface area contributed by atoms with Gasteiger partial charge in [0.05, 0.1) is 37.2 Å². The van der Waals surface area contributed by atoms with E-state index in [1.165, 1.54) is 0 Å². The molecular weight excluding hydrogens is 599 g/mol. The van der Waals surface area contributed by atoms with Crippen molar-refractivity contribution >= 4 is 44.7 Å². The van der Waals surface area contributed by atoms with Crippen molar-refractivity contribution in [2.45, 2.75) is 20.1 Å². The molecule has 3 rings (SSSR count). The van der Waals surface area contributed by atoms with Gasteiger partial charge in [0.1, 0.15) is 6.61 Å². The Labute approximate surface area is 216 Å². The average molecular weight is 625 g/mol. The highest BCUT2D eigenvalue weighted by atomic mass is 127. The molecule has 0 aliphatic carbocycles. The number of hydrogen-bond acceptors (Lipinski definition) is 6. The highest BCUT2D eigenvalue weighted by Crippen LogP contribution is 2.34. The quantitative estimate of drug-likeness (QED) is 0.157. The van der Waals surface area contributed by atoms with Crippen LogP contribution in [-0.2, 0) is 13.2 Å². The molecule has 0 atom stereocenters. The SMILES string of the molecule is CCOc1cc(/C=N/NCc2ccc(OC)c(OC)c2)cc(I)c1OCc1ccc(Br)cc1. The third-order valence-electron chi connectivity index (χ3n) is 4.66. The van der Waals surface area contributed by atoms with Crippen molar-refractivity contribution in [2.24, 2.45) is 5.10 Å². The van der Waals surface area contributed by atoms with Crippen molar-refractivity contribution in [3.05, 3.63) is 79.3 Å². The van der Waals surface area contributed by atoms with Crippen LogP contribution in [0.25, 0.3) is 0 Å². The molecule has 0 aliphatic rings. The van der Waals surface area contributed by atoms with E-state index < -0.39 is 0 Å². The minimum absolute atomic E-state index is 0.462. The molecule has 0 saturated carbocycles. The summed E-state index contributed by atoms with van der Waals surface area (Å²) in [7, 11) is 3.24. The molecule has 0 amide bonds. The number of methoxy groups -OCH3 is 2. The maximum absolute atomic E-state index is 6.10. The molecule has 8 heteroatoms. The molecule has 0 aromatic heterocycles. The number of hydrazone groups is 1. The molecule has 6 nitrogen and oxygen atoms in total. The Morgan fingerprint density at radius 3 is 2.33 bits per heavy atom. The van der Waals surface area contributed by atoms with Crippen LogP contribution in [0, 0.1) is 3.57 Å². The van der Waals surface area contributed by atoms with Gasteiger partial charge >= 0.3 is 0 Å². The van der Waals surface area contributed by atoms with Gasteiger partial charge in [0.25, 0.3) is 0 Å². The molecular formula is C25H26BrIN2O4. The Balaban J connectivity index is 1.66. The van der Waals surface area contributed by atoms with E-state index in [0.717, 1.165) is 30.5 Å². The summed E-state index contributed by atoms with van der Waals surface area (Å²) in [5.74, 6) is 2.82. The standard InChI is InChI=1S/C25H26BrIN2O4/c1-4-32-24-13-19(11-21(27)25(24)33-16-17-5-8-20(26)9-6-17)15-29-28-14-18-7-10-22(30-2)23(12-18)31-3/h5-13,15,28H,4,14,16H2,1-3H3/b29-15+. The minimum atomic E-state index is 0.462. The summed E-state index contributed by atoms with van der Waals surface area (Å²) in [5, 5.41) is 4.36. The Hall–Kier alpha value is -2.46. The van der Waals surface area contributed by atoms with E-state index in [1.54, 1.807) is 20.4 Å². The predicted octanol–water partition coefficient (Wildman–Crippen LogP) is 6.17. The Bertz CT molecular complexity index is 1090. The van der Waals surface area contributed by atoms with E-state index in [2.05, 4.69) is 49.0 Å². The molecule has 0 radical (unpaired) electrons. The first kappa shape index (κ1) is 25.2. The van der Waals surface area contributed by atoms with Crippen LogP contribution in [0.1, 0.15) is 23.6 Å². The molecule has 0 aliphatic heterocycles. The van der Waals surface area contributed by atoms with Gasteiger partial charge in [-0.1, -0.05) is 34.1 Å². The highest BCUT2D eigenvalue weighted by molar-refractivity contribution is 14.1. The molecule has 0 heterocycles. The van der Waals surface area contributed by atoms with E-state index in [-0.39, 0.29) is 0 Å². The van der Waals surface area contributed by atoms with E-state index >= 15 is 0 Å².